The van der Waals surface area contributed by atoms with Crippen molar-refractivity contribution >= 4 is 27.7 Å². The number of carbonyl (C=O) groups is 1. The molecule has 1 N–H and O–H groups in total. The van der Waals surface area contributed by atoms with E-state index < -0.39 is 15.9 Å². The van der Waals surface area contributed by atoms with Crippen LogP contribution in [0.15, 0.2) is 65.7 Å². The molecule has 0 fully saturated rings. The molecule has 3 aromatic rings. The Balaban J connectivity index is 1.73. The van der Waals surface area contributed by atoms with Crippen LogP contribution in [0, 0.1) is 0 Å². The Morgan fingerprint density at radius 3 is 2.53 bits per heavy atom. The number of benzene rings is 2. The number of ether oxygens (including phenoxy) is 1. The van der Waals surface area contributed by atoms with Crippen LogP contribution in [0.2, 0.25) is 0 Å². The van der Waals surface area contributed by atoms with E-state index in [9.17, 15) is 13.2 Å². The van der Waals surface area contributed by atoms with Crippen molar-refractivity contribution in [2.24, 2.45) is 0 Å². The molecule has 0 aliphatic heterocycles. The molecule has 0 atom stereocenters. The maximum Gasteiger partial charge on any atom is 0.248 e. The summed E-state index contributed by atoms with van der Waals surface area (Å²) in [6, 6.07) is 14.4. The van der Waals surface area contributed by atoms with Crippen LogP contribution in [-0.2, 0) is 21.4 Å². The van der Waals surface area contributed by atoms with Gasteiger partial charge in [-0.25, -0.2) is 13.1 Å². The normalized spacial score (nSPS) is 11.8. The smallest absolute Gasteiger partial charge is 0.248 e. The lowest BCUT2D eigenvalue weighted by Gasteiger charge is -2.21. The lowest BCUT2D eigenvalue weighted by Crippen LogP contribution is -2.31. The number of hydrogen-bond donors (Lipinski definition) is 1. The fourth-order valence-corrected chi connectivity index (χ4v) is 4.96. The molecule has 9 nitrogen and oxygen atoms in total. The topological polar surface area (TPSA) is 106 Å². The van der Waals surface area contributed by atoms with Crippen molar-refractivity contribution < 1.29 is 17.9 Å². The molecule has 34 heavy (non-hydrogen) atoms. The highest BCUT2D eigenvalue weighted by molar-refractivity contribution is 7.89. The molecule has 0 bridgehead atoms. The van der Waals surface area contributed by atoms with Gasteiger partial charge in [0, 0.05) is 24.9 Å². The van der Waals surface area contributed by atoms with E-state index in [2.05, 4.69) is 15.6 Å². The van der Waals surface area contributed by atoms with Gasteiger partial charge in [-0.2, -0.15) is 4.31 Å². The average molecular weight is 484 g/mol. The predicted molar refractivity (Wildman–Crippen MR) is 131 cm³/mol. The molecule has 1 amide bonds. The number of hydrogen-bond acceptors (Lipinski definition) is 6. The number of amides is 1. The van der Waals surface area contributed by atoms with Crippen LogP contribution in [0.25, 0.3) is 6.08 Å². The summed E-state index contributed by atoms with van der Waals surface area (Å²) in [7, 11) is -3.77. The quantitative estimate of drug-likeness (QED) is 0.419. The van der Waals surface area contributed by atoms with Gasteiger partial charge in [0.05, 0.1) is 19.3 Å². The molecule has 0 aliphatic carbocycles. The number of nitrogens with one attached hydrogen (secondary N) is 1. The van der Waals surface area contributed by atoms with E-state index in [1.165, 1.54) is 16.4 Å². The third-order valence-electron chi connectivity index (χ3n) is 4.98. The first-order valence-corrected chi connectivity index (χ1v) is 12.5. The molecule has 0 saturated heterocycles. The molecule has 0 aliphatic rings. The van der Waals surface area contributed by atoms with Gasteiger partial charge in [0.2, 0.25) is 15.9 Å². The van der Waals surface area contributed by atoms with Crippen molar-refractivity contribution in [2.45, 2.75) is 32.2 Å². The Morgan fingerprint density at radius 1 is 1.12 bits per heavy atom. The molecule has 0 spiro atoms. The van der Waals surface area contributed by atoms with Gasteiger partial charge in [0.1, 0.15) is 16.3 Å². The van der Waals surface area contributed by atoms with Gasteiger partial charge in [-0.3, -0.25) is 4.79 Å². The van der Waals surface area contributed by atoms with E-state index in [0.29, 0.717) is 37.6 Å². The Hall–Kier alpha value is -3.50. The molecule has 0 saturated carbocycles. The van der Waals surface area contributed by atoms with Crippen LogP contribution < -0.4 is 10.1 Å². The highest BCUT2D eigenvalue weighted by atomic mass is 32.2. The average Bonchev–Trinajstić information content (AvgIpc) is 3.27. The van der Waals surface area contributed by atoms with Crippen LogP contribution in [0.4, 0.5) is 5.69 Å². The van der Waals surface area contributed by atoms with Crippen molar-refractivity contribution in [1.29, 1.82) is 0 Å². The van der Waals surface area contributed by atoms with Gasteiger partial charge in [-0.05, 0) is 36.8 Å². The van der Waals surface area contributed by atoms with Crippen LogP contribution in [-0.4, -0.2) is 53.3 Å². The van der Waals surface area contributed by atoms with Crippen LogP contribution in [0.1, 0.15) is 32.0 Å². The highest BCUT2D eigenvalue weighted by Gasteiger charge is 2.26. The van der Waals surface area contributed by atoms with E-state index >= 15 is 0 Å². The molecule has 0 unspecified atom stereocenters. The first-order chi connectivity index (χ1) is 16.4. The fraction of sp³-hybridized carbons (Fsp3) is 0.292. The van der Waals surface area contributed by atoms with Crippen LogP contribution in [0.5, 0.6) is 5.75 Å². The molecule has 1 heterocycles. The third kappa shape index (κ3) is 6.30. The maximum atomic E-state index is 13.1. The number of anilines is 1. The summed E-state index contributed by atoms with van der Waals surface area (Å²) in [5, 5.41) is 10.8. The van der Waals surface area contributed by atoms with Crippen LogP contribution in [0.3, 0.4) is 0 Å². The number of nitrogens with zero attached hydrogens (tertiary/aromatic N) is 4. The molecule has 10 heteroatoms. The van der Waals surface area contributed by atoms with Crippen molar-refractivity contribution in [3.63, 3.8) is 0 Å². The Bertz CT molecular complexity index is 1240. The minimum atomic E-state index is -3.77. The zero-order valence-corrected chi connectivity index (χ0v) is 20.3. The first-order valence-electron chi connectivity index (χ1n) is 11.1. The van der Waals surface area contributed by atoms with Crippen molar-refractivity contribution in [3.8, 4) is 5.75 Å². The first kappa shape index (κ1) is 25.1. The monoisotopic (exact) mass is 483 g/mol. The third-order valence-corrected chi connectivity index (χ3v) is 7.05. The summed E-state index contributed by atoms with van der Waals surface area (Å²) in [5.41, 5.74) is 1.96. The Kier molecular flexibility index (Phi) is 8.55. The number of sulfonamides is 1. The summed E-state index contributed by atoms with van der Waals surface area (Å²) in [6.45, 7) is 6.87. The van der Waals surface area contributed by atoms with Gasteiger partial charge in [-0.15, -0.1) is 5.10 Å². The Morgan fingerprint density at radius 2 is 1.85 bits per heavy atom. The van der Waals surface area contributed by atoms with E-state index in [4.69, 9.17) is 4.74 Å². The van der Waals surface area contributed by atoms with Crippen molar-refractivity contribution in [2.75, 3.05) is 25.0 Å². The summed E-state index contributed by atoms with van der Waals surface area (Å²) in [4.78, 5) is 12.5. The lowest BCUT2D eigenvalue weighted by molar-refractivity contribution is -0.111. The minimum absolute atomic E-state index is 0.0173. The van der Waals surface area contributed by atoms with Gasteiger partial charge in [0.25, 0.3) is 0 Å². The van der Waals surface area contributed by atoms with Crippen molar-refractivity contribution in [3.05, 3.63) is 72.1 Å². The van der Waals surface area contributed by atoms with E-state index in [1.807, 2.05) is 30.3 Å². The second-order valence-electron chi connectivity index (χ2n) is 7.33. The maximum absolute atomic E-state index is 13.1. The number of rotatable bonds is 11. The van der Waals surface area contributed by atoms with E-state index in [-0.39, 0.29) is 10.6 Å². The largest absolute Gasteiger partial charge is 0.492 e. The summed E-state index contributed by atoms with van der Waals surface area (Å²) in [6.07, 6.45) is 4.61. The number of aromatic nitrogens is 3. The summed E-state index contributed by atoms with van der Waals surface area (Å²) in [5.74, 6) is -0.175. The predicted octanol–water partition coefficient (Wildman–Crippen LogP) is 3.41. The molecule has 180 valence electrons. The van der Waals surface area contributed by atoms with Gasteiger partial charge >= 0.3 is 0 Å². The van der Waals surface area contributed by atoms with Crippen LogP contribution >= 0.6 is 0 Å². The fourth-order valence-electron chi connectivity index (χ4n) is 3.35. The van der Waals surface area contributed by atoms with Gasteiger partial charge in [-0.1, -0.05) is 49.4 Å². The summed E-state index contributed by atoms with van der Waals surface area (Å²) < 4.78 is 34.7. The zero-order valence-electron chi connectivity index (χ0n) is 19.5. The van der Waals surface area contributed by atoms with Gasteiger partial charge < -0.3 is 10.1 Å². The standard InChI is InChI=1S/C24H29N5O4S/c1-4-29(5-2)34(31,32)23-16-20(12-14-22(23)33-6-3)25-24(30)15-13-21-18-28(27-26-21)17-19-10-8-7-9-11-19/h7-16,18H,4-6,17H2,1-3H3,(H,25,30)/b15-13+. The highest BCUT2D eigenvalue weighted by Crippen LogP contribution is 2.30. The van der Waals surface area contributed by atoms with Crippen molar-refractivity contribution in [1.82, 2.24) is 19.3 Å². The molecule has 1 aromatic heterocycles. The second kappa shape index (κ2) is 11.6. The minimum Gasteiger partial charge on any atom is -0.492 e. The molecular formula is C24H29N5O4S. The molecular weight excluding hydrogens is 454 g/mol. The van der Waals surface area contributed by atoms with E-state index in [1.54, 1.807) is 49.9 Å². The second-order valence-corrected chi connectivity index (χ2v) is 9.24. The molecule has 3 rings (SSSR count). The SMILES string of the molecule is CCOc1ccc(NC(=O)/C=C/c2cn(Cc3ccccc3)nn2)cc1S(=O)(=O)N(CC)CC. The number of carbonyl (C=O) groups excluding carboxylic acids is 1. The molecule has 0 radical (unpaired) electrons. The molecule has 2 aromatic carbocycles. The Labute approximate surface area is 200 Å². The van der Waals surface area contributed by atoms with E-state index in [0.717, 1.165) is 5.56 Å². The lowest BCUT2D eigenvalue weighted by atomic mass is 10.2. The zero-order chi connectivity index (χ0) is 24.6. The summed E-state index contributed by atoms with van der Waals surface area (Å²) >= 11 is 0. The van der Waals surface area contributed by atoms with Gasteiger partial charge in [0.15, 0.2) is 0 Å².